The maximum absolute atomic E-state index is 12.6. The van der Waals surface area contributed by atoms with E-state index in [-0.39, 0.29) is 38.2 Å². The molecule has 0 radical (unpaired) electrons. The van der Waals surface area contributed by atoms with Crippen LogP contribution in [-0.2, 0) is 14.4 Å². The highest BCUT2D eigenvalue weighted by atomic mass is 16.4. The Morgan fingerprint density at radius 3 is 2.46 bits per heavy atom. The fraction of sp³-hybridized carbons (Fsp3) is 0.800. The van der Waals surface area contributed by atoms with Crippen LogP contribution >= 0.6 is 0 Å². The first-order chi connectivity index (χ1) is 12.0. The third-order valence-corrected chi connectivity index (χ3v) is 4.68. The molecule has 26 heavy (non-hydrogen) atoms. The molecule has 0 aromatic carbocycles. The highest BCUT2D eigenvalue weighted by Crippen LogP contribution is 2.28. The Balaban J connectivity index is 2.69. The van der Waals surface area contributed by atoms with Crippen LogP contribution in [0.2, 0.25) is 6.32 Å². The van der Waals surface area contributed by atoms with Crippen LogP contribution in [0.5, 0.6) is 0 Å². The van der Waals surface area contributed by atoms with E-state index < -0.39 is 36.5 Å². The summed E-state index contributed by atoms with van der Waals surface area (Å²) in [5.74, 6) is -2.28. The quantitative estimate of drug-likeness (QED) is 0.184. The monoisotopic (exact) mass is 372 g/mol. The van der Waals surface area contributed by atoms with Crippen molar-refractivity contribution in [1.82, 2.24) is 4.90 Å². The minimum atomic E-state index is -1.59. The molecule has 1 heterocycles. The molecule has 10 nitrogen and oxygen atoms in total. The van der Waals surface area contributed by atoms with Gasteiger partial charge in [-0.15, -0.1) is 0 Å². The molecular formula is C15H29BN4O6. The molecule has 9 N–H and O–H groups in total. The summed E-state index contributed by atoms with van der Waals surface area (Å²) in [6, 6.07) is -0.817. The van der Waals surface area contributed by atoms with Gasteiger partial charge in [-0.25, -0.2) is 0 Å². The van der Waals surface area contributed by atoms with Crippen molar-refractivity contribution in [2.75, 3.05) is 13.1 Å². The lowest BCUT2D eigenvalue weighted by molar-refractivity contribution is -0.149. The van der Waals surface area contributed by atoms with E-state index in [0.717, 1.165) is 0 Å². The largest absolute Gasteiger partial charge is 0.480 e. The standard InChI is InChI=1S/C15H29BN4O6/c17-11(3-1-2-4-12(18)21)13(22)20-8-10(5-6-16(25)26)7-15(19,9-20)14(23)24/h10-11,25-26H,1-9,17,19H2,(H2,18,21)(H,23,24)/t10-,11-,15+/m0/s1. The van der Waals surface area contributed by atoms with Crippen molar-refractivity contribution in [2.45, 2.75) is 56.4 Å². The molecule has 1 aliphatic heterocycles. The Morgan fingerprint density at radius 1 is 1.27 bits per heavy atom. The number of unbranched alkanes of at least 4 members (excludes halogenated alkanes) is 1. The number of hydrogen-bond acceptors (Lipinski definition) is 7. The van der Waals surface area contributed by atoms with Crippen molar-refractivity contribution >= 4 is 24.9 Å². The molecule has 0 saturated carbocycles. The first kappa shape index (κ1) is 22.4. The molecule has 1 saturated heterocycles. The molecule has 3 atom stereocenters. The van der Waals surface area contributed by atoms with E-state index in [4.69, 9.17) is 27.2 Å². The predicted octanol–water partition coefficient (Wildman–Crippen LogP) is -2.15. The van der Waals surface area contributed by atoms with Crippen LogP contribution in [0, 0.1) is 5.92 Å². The SMILES string of the molecule is NC(=O)CCCC[C@H](N)C(=O)N1C[C@@H](CCB(O)O)C[C@](N)(C(=O)O)C1. The van der Waals surface area contributed by atoms with E-state index in [1.54, 1.807) is 0 Å². The van der Waals surface area contributed by atoms with Crippen LogP contribution in [0.15, 0.2) is 0 Å². The molecule has 11 heteroatoms. The summed E-state index contributed by atoms with van der Waals surface area (Å²) in [4.78, 5) is 36.2. The number of carboxylic acid groups (broad SMARTS) is 1. The minimum Gasteiger partial charge on any atom is -0.480 e. The van der Waals surface area contributed by atoms with Crippen molar-refractivity contribution in [3.63, 3.8) is 0 Å². The van der Waals surface area contributed by atoms with Gasteiger partial charge in [-0.3, -0.25) is 14.4 Å². The Morgan fingerprint density at radius 2 is 1.92 bits per heavy atom. The lowest BCUT2D eigenvalue weighted by Gasteiger charge is -2.42. The molecule has 148 valence electrons. The second-order valence-electron chi connectivity index (χ2n) is 7.13. The average Bonchev–Trinajstić information content (AvgIpc) is 2.55. The molecule has 0 aromatic heterocycles. The molecular weight excluding hydrogens is 343 g/mol. The highest BCUT2D eigenvalue weighted by Gasteiger charge is 2.44. The van der Waals surface area contributed by atoms with Crippen molar-refractivity contribution in [2.24, 2.45) is 23.1 Å². The summed E-state index contributed by atoms with van der Waals surface area (Å²) in [6.07, 6.45) is 2.21. The Bertz CT molecular complexity index is 520. The fourth-order valence-corrected chi connectivity index (χ4v) is 3.28. The summed E-state index contributed by atoms with van der Waals surface area (Å²) >= 11 is 0. The van der Waals surface area contributed by atoms with Crippen molar-refractivity contribution in [3.8, 4) is 0 Å². The highest BCUT2D eigenvalue weighted by molar-refractivity contribution is 6.40. The van der Waals surface area contributed by atoms with E-state index in [1.807, 2.05) is 0 Å². The number of nitrogens with zero attached hydrogens (tertiary/aromatic N) is 1. The van der Waals surface area contributed by atoms with Gasteiger partial charge in [0.15, 0.2) is 0 Å². The van der Waals surface area contributed by atoms with Gasteiger partial charge in [0.1, 0.15) is 5.54 Å². The molecule has 0 unspecified atom stereocenters. The van der Waals surface area contributed by atoms with E-state index in [2.05, 4.69) is 0 Å². The molecule has 0 spiro atoms. The first-order valence-corrected chi connectivity index (χ1v) is 8.76. The minimum absolute atomic E-state index is 0.0710. The van der Waals surface area contributed by atoms with E-state index >= 15 is 0 Å². The summed E-state index contributed by atoms with van der Waals surface area (Å²) in [7, 11) is -1.49. The number of amides is 2. The van der Waals surface area contributed by atoms with E-state index in [9.17, 15) is 19.5 Å². The number of carbonyl (C=O) groups excluding carboxylic acids is 2. The van der Waals surface area contributed by atoms with E-state index in [1.165, 1.54) is 4.90 Å². The zero-order chi connectivity index (χ0) is 19.9. The number of carbonyl (C=O) groups is 3. The normalized spacial score (nSPS) is 24.2. The van der Waals surface area contributed by atoms with Crippen molar-refractivity contribution < 1.29 is 29.5 Å². The van der Waals surface area contributed by atoms with Gasteiger partial charge in [-0.2, -0.15) is 0 Å². The first-order valence-electron chi connectivity index (χ1n) is 8.76. The second-order valence-corrected chi connectivity index (χ2v) is 7.13. The van der Waals surface area contributed by atoms with Crippen molar-refractivity contribution in [1.29, 1.82) is 0 Å². The maximum atomic E-state index is 12.6. The van der Waals surface area contributed by atoms with Crippen LogP contribution < -0.4 is 17.2 Å². The molecule has 0 aliphatic carbocycles. The molecule has 0 aromatic rings. The number of aliphatic carboxylic acids is 1. The van der Waals surface area contributed by atoms with Gasteiger partial charge >= 0.3 is 13.1 Å². The van der Waals surface area contributed by atoms with Crippen LogP contribution in [0.3, 0.4) is 0 Å². The van der Waals surface area contributed by atoms with Gasteiger partial charge in [-0.05, 0) is 31.5 Å². The third kappa shape index (κ3) is 6.91. The van der Waals surface area contributed by atoms with Crippen LogP contribution in [0.1, 0.15) is 38.5 Å². The lowest BCUT2D eigenvalue weighted by atomic mass is 9.75. The summed E-state index contributed by atoms with van der Waals surface area (Å²) in [5, 5.41) is 27.5. The fourth-order valence-electron chi connectivity index (χ4n) is 3.28. The number of carboxylic acids is 1. The van der Waals surface area contributed by atoms with Gasteiger partial charge in [-0.1, -0.05) is 12.8 Å². The van der Waals surface area contributed by atoms with Gasteiger partial charge in [0.25, 0.3) is 0 Å². The van der Waals surface area contributed by atoms with Crippen LogP contribution in [-0.4, -0.2) is 69.6 Å². The predicted molar refractivity (Wildman–Crippen MR) is 94.5 cm³/mol. The number of piperidine rings is 1. The topological polar surface area (TPSA) is 193 Å². The van der Waals surface area contributed by atoms with Gasteiger partial charge < -0.3 is 37.3 Å². The summed E-state index contributed by atoms with van der Waals surface area (Å²) < 4.78 is 0. The number of primary amides is 1. The molecule has 2 amide bonds. The van der Waals surface area contributed by atoms with Gasteiger partial charge in [0.05, 0.1) is 6.04 Å². The Hall–Kier alpha value is -1.69. The zero-order valence-corrected chi connectivity index (χ0v) is 14.8. The lowest BCUT2D eigenvalue weighted by Crippen LogP contribution is -2.64. The third-order valence-electron chi connectivity index (χ3n) is 4.68. The summed E-state index contributed by atoms with van der Waals surface area (Å²) in [5.41, 5.74) is 15.4. The number of likely N-dealkylation sites (tertiary alicyclic amines) is 1. The Labute approximate surface area is 152 Å². The average molecular weight is 372 g/mol. The Kier molecular flexibility index (Phi) is 8.48. The maximum Gasteiger partial charge on any atom is 0.451 e. The van der Waals surface area contributed by atoms with Gasteiger partial charge in [0.2, 0.25) is 11.8 Å². The van der Waals surface area contributed by atoms with Crippen LogP contribution in [0.4, 0.5) is 0 Å². The van der Waals surface area contributed by atoms with Gasteiger partial charge in [0, 0.05) is 19.5 Å². The van der Waals surface area contributed by atoms with Crippen molar-refractivity contribution in [3.05, 3.63) is 0 Å². The number of rotatable bonds is 10. The van der Waals surface area contributed by atoms with E-state index in [0.29, 0.717) is 25.7 Å². The smallest absolute Gasteiger partial charge is 0.451 e. The summed E-state index contributed by atoms with van der Waals surface area (Å²) in [6.45, 7) is 0.126. The van der Waals surface area contributed by atoms with Crippen LogP contribution in [0.25, 0.3) is 0 Å². The molecule has 0 bridgehead atoms. The number of hydrogen-bond donors (Lipinski definition) is 6. The molecule has 1 rings (SSSR count). The second kappa shape index (κ2) is 9.86. The zero-order valence-electron chi connectivity index (χ0n) is 14.8. The number of nitrogens with two attached hydrogens (primary N) is 3. The molecule has 1 aliphatic rings. The molecule has 1 fully saturated rings.